The third-order valence-corrected chi connectivity index (χ3v) is 6.29. The van der Waals surface area contributed by atoms with Gasteiger partial charge in [-0.15, -0.1) is 0 Å². The normalized spacial score (nSPS) is 9.35. The molecule has 5 aromatic carbocycles. The molecule has 0 aliphatic carbocycles. The number of rotatable bonds is 7. The Hall–Kier alpha value is -2.36. The molecule has 0 aromatic heterocycles. The maximum Gasteiger partial charge on any atom is 0.340 e. The van der Waals surface area contributed by atoms with Crippen molar-refractivity contribution in [2.45, 2.75) is 54.4 Å². The predicted molar refractivity (Wildman–Crippen MR) is 227 cm³/mol. The minimum Gasteiger partial charge on any atom is -0.478 e. The first-order valence-electron chi connectivity index (χ1n) is 16.9. The third-order valence-electron chi connectivity index (χ3n) is 5.60. The molecule has 0 aliphatic heterocycles. The molecule has 5 aromatic rings. The van der Waals surface area contributed by atoms with Crippen molar-refractivity contribution in [1.82, 2.24) is 0 Å². The van der Waals surface area contributed by atoms with Crippen molar-refractivity contribution in [3.63, 3.8) is 0 Å². The molecule has 0 unspecified atom stereocenters. The average Bonchev–Trinajstić information content (AvgIpc) is 3.16. The van der Waals surface area contributed by atoms with Crippen molar-refractivity contribution in [3.8, 4) is 0 Å². The van der Waals surface area contributed by atoms with Crippen LogP contribution in [0.15, 0.2) is 124 Å². The van der Waals surface area contributed by atoms with E-state index in [2.05, 4.69) is 154 Å². The summed E-state index contributed by atoms with van der Waals surface area (Å²) >= 11 is 2.04. The first-order chi connectivity index (χ1) is 25.6. The number of nitrogens with zero attached hydrogens (tertiary/aromatic N) is 4. The van der Waals surface area contributed by atoms with Crippen LogP contribution in [0.4, 0.5) is 22.7 Å². The van der Waals surface area contributed by atoms with Gasteiger partial charge >= 0.3 is 5.97 Å². The molecule has 0 spiro atoms. The van der Waals surface area contributed by atoms with Crippen LogP contribution in [0.5, 0.6) is 0 Å². The third kappa shape index (κ3) is 27.8. The Bertz CT molecular complexity index is 1490. The number of carbonyl (C=O) groups is 1. The second kappa shape index (κ2) is 41.3. The molecule has 0 fully saturated rings. The quantitative estimate of drug-likeness (QED) is 0.0344. The van der Waals surface area contributed by atoms with Gasteiger partial charge in [-0.25, -0.2) is 15.3 Å². The van der Waals surface area contributed by atoms with Gasteiger partial charge in [0.2, 0.25) is 0 Å². The van der Waals surface area contributed by atoms with E-state index < -0.39 is 5.97 Å². The van der Waals surface area contributed by atoms with Crippen molar-refractivity contribution < 1.29 is 94.5 Å². The number of anilines is 2. The number of carboxylic acid groups (broad SMARTS) is 1. The molecule has 0 heterocycles. The summed E-state index contributed by atoms with van der Waals surface area (Å²) in [5.41, 5.74) is 11.4. The molecule has 0 saturated heterocycles. The van der Waals surface area contributed by atoms with Gasteiger partial charge in [0.15, 0.2) is 0 Å². The fourth-order valence-electron chi connectivity index (χ4n) is 3.69. The van der Waals surface area contributed by atoms with Gasteiger partial charge in [0.1, 0.15) is 16.9 Å². The monoisotopic (exact) mass is 946 g/mol. The Balaban J connectivity index is -0.000000299. The molecule has 16 heteroatoms. The fourth-order valence-corrected chi connectivity index (χ4v) is 3.91. The van der Waals surface area contributed by atoms with Crippen LogP contribution in [0.3, 0.4) is 0 Å². The van der Waals surface area contributed by atoms with Crippen molar-refractivity contribution in [2.24, 2.45) is 20.5 Å². The first-order valence-corrected chi connectivity index (χ1v) is 18.7. The Labute approximate surface area is 385 Å². The summed E-state index contributed by atoms with van der Waals surface area (Å²) in [6.45, 7) is 12.3. The van der Waals surface area contributed by atoms with E-state index in [4.69, 9.17) is 27.1 Å². The molecule has 0 aliphatic rings. The number of aromatic carboxylic acids is 1. The minimum atomic E-state index is -1.24. The van der Waals surface area contributed by atoms with Crippen molar-refractivity contribution in [3.05, 3.63) is 109 Å². The van der Waals surface area contributed by atoms with Crippen LogP contribution in [-0.2, 0) is 74.1 Å². The van der Waals surface area contributed by atoms with Gasteiger partial charge in [0.05, 0.1) is 11.4 Å². The Morgan fingerprint density at radius 1 is 0.582 bits per heavy atom. The van der Waals surface area contributed by atoms with Gasteiger partial charge < -0.3 is 16.6 Å². The van der Waals surface area contributed by atoms with E-state index in [0.29, 0.717) is 0 Å². The number of azo groups is 2. The minimum absolute atomic E-state index is 0. The SMILES string of the molecule is CCC.CCC.CCSOO.CCSOO.CN=Nc1c(N)cc(N)c(N=NC)c1C(=O)O.[Y].[Y].c1ccc2ccccc2c1.c1ccc2ccccc2c1. The molecule has 296 valence electrons. The van der Waals surface area contributed by atoms with E-state index in [9.17, 15) is 4.79 Å². The molecular formula is C39H56N6O6S2Y2. The summed E-state index contributed by atoms with van der Waals surface area (Å²) in [5.74, 6) is 0.335. The van der Waals surface area contributed by atoms with Gasteiger partial charge in [-0.1, -0.05) is 151 Å². The van der Waals surface area contributed by atoms with E-state index >= 15 is 0 Å². The van der Waals surface area contributed by atoms with Gasteiger partial charge in [-0.05, 0) is 27.6 Å². The van der Waals surface area contributed by atoms with Crippen LogP contribution in [0.2, 0.25) is 0 Å². The molecule has 55 heavy (non-hydrogen) atoms. The zero-order valence-electron chi connectivity index (χ0n) is 33.1. The topological polar surface area (TPSA) is 198 Å². The zero-order valence-corrected chi connectivity index (χ0v) is 40.4. The van der Waals surface area contributed by atoms with E-state index in [0.717, 1.165) is 35.6 Å². The molecule has 0 atom stereocenters. The van der Waals surface area contributed by atoms with Gasteiger partial charge in [-0.2, -0.15) is 29.1 Å². The largest absolute Gasteiger partial charge is 0.478 e. The predicted octanol–water partition coefficient (Wildman–Crippen LogP) is 12.8. The first kappa shape index (κ1) is 59.3. The maximum atomic E-state index is 11.2. The molecule has 0 saturated carbocycles. The Morgan fingerprint density at radius 2 is 0.818 bits per heavy atom. The van der Waals surface area contributed by atoms with Gasteiger partial charge in [-0.3, -0.25) is 0 Å². The number of fused-ring (bicyclic) bond motifs is 2. The zero-order chi connectivity index (χ0) is 40.3. The van der Waals surface area contributed by atoms with Crippen LogP contribution in [0.1, 0.15) is 64.7 Å². The summed E-state index contributed by atoms with van der Waals surface area (Å²) < 4.78 is 7.22. The van der Waals surface area contributed by atoms with Crippen LogP contribution in [-0.4, -0.2) is 47.2 Å². The van der Waals surface area contributed by atoms with E-state index in [1.807, 2.05) is 13.8 Å². The van der Waals surface area contributed by atoms with Crippen molar-refractivity contribution >= 4 is 74.3 Å². The van der Waals surface area contributed by atoms with Crippen LogP contribution < -0.4 is 11.5 Å². The van der Waals surface area contributed by atoms with Gasteiger partial charge in [0, 0.05) is 115 Å². The molecule has 7 N–H and O–H groups in total. The molecular weight excluding hydrogens is 890 g/mol. The van der Waals surface area contributed by atoms with Crippen molar-refractivity contribution in [1.29, 1.82) is 0 Å². The fraction of sp³-hybridized carbons (Fsp3) is 0.308. The molecule has 2 radical (unpaired) electrons. The summed E-state index contributed by atoms with van der Waals surface area (Å²) in [7, 11) is 2.81. The summed E-state index contributed by atoms with van der Waals surface area (Å²) in [6.07, 6.45) is 2.50. The second-order valence-electron chi connectivity index (χ2n) is 10.1. The number of hydrogen-bond acceptors (Lipinski definition) is 13. The van der Waals surface area contributed by atoms with Gasteiger partial charge in [0.25, 0.3) is 0 Å². The molecule has 0 bridgehead atoms. The number of carboxylic acids is 1. The van der Waals surface area contributed by atoms with E-state index in [1.54, 1.807) is 0 Å². The van der Waals surface area contributed by atoms with Crippen molar-refractivity contribution in [2.75, 3.05) is 37.1 Å². The van der Waals surface area contributed by atoms with Crippen LogP contribution in [0.25, 0.3) is 21.5 Å². The number of benzene rings is 5. The van der Waals surface area contributed by atoms with E-state index in [1.165, 1.54) is 54.5 Å². The standard InChI is InChI=1S/2C10H8.C9H12N6O2.2C3H8.2C2H6O2S.2Y/c2*1-2-6-10-8-4-3-7-9(10)5-1;1-12-14-7-4(10)3-5(11)8(15-13-2)6(7)9(16)17;2*1-3-2;2*1-2-5-4-3;;/h2*1-8H;3H,10-11H2,1-2H3,(H,16,17);2*3H2,1-2H3;2*3H,2H2,1H3;;. The Morgan fingerprint density at radius 3 is 0.964 bits per heavy atom. The van der Waals surface area contributed by atoms with Crippen LogP contribution >= 0.6 is 24.1 Å². The molecule has 12 nitrogen and oxygen atoms in total. The van der Waals surface area contributed by atoms with Crippen LogP contribution in [0, 0.1) is 0 Å². The number of nitrogens with two attached hydrogens (primary N) is 2. The summed E-state index contributed by atoms with van der Waals surface area (Å²) in [4.78, 5) is 11.2. The smallest absolute Gasteiger partial charge is 0.340 e. The maximum absolute atomic E-state index is 11.2. The average molecular weight is 947 g/mol. The molecule has 5 rings (SSSR count). The summed E-state index contributed by atoms with van der Waals surface area (Å²) in [5, 5.41) is 43.8. The Kier molecular flexibility index (Phi) is 44.5. The number of hydrogen-bond donors (Lipinski definition) is 5. The number of nitrogen functional groups attached to an aromatic ring is 2. The summed E-state index contributed by atoms with van der Waals surface area (Å²) in [6, 6.07) is 34.8. The second-order valence-corrected chi connectivity index (χ2v) is 12.0. The molecule has 0 amide bonds. The van der Waals surface area contributed by atoms with E-state index in [-0.39, 0.29) is 93.7 Å².